The Hall–Kier alpha value is -1.60. The average molecular weight is 455 g/mol. The van der Waals surface area contributed by atoms with Crippen molar-refractivity contribution in [2.24, 2.45) is 5.41 Å². The zero-order valence-corrected chi connectivity index (χ0v) is 19.5. The summed E-state index contributed by atoms with van der Waals surface area (Å²) in [6, 6.07) is 10.2. The summed E-state index contributed by atoms with van der Waals surface area (Å²) in [6.07, 6.45) is 2.63. The van der Waals surface area contributed by atoms with Gasteiger partial charge in [0.1, 0.15) is 17.6 Å². The highest BCUT2D eigenvalue weighted by molar-refractivity contribution is 5.92. The fourth-order valence-electron chi connectivity index (χ4n) is 3.89. The smallest absolute Gasteiger partial charge is 0.274 e. The molecular weight excluding hydrogens is 423 g/mol. The van der Waals surface area contributed by atoms with Crippen molar-refractivity contribution in [2.75, 3.05) is 26.2 Å². The number of hydrogen-bond acceptors (Lipinski definition) is 4. The van der Waals surface area contributed by atoms with Gasteiger partial charge >= 0.3 is 0 Å². The predicted octanol–water partition coefficient (Wildman–Crippen LogP) is 3.50. The molecule has 3 heterocycles. The van der Waals surface area contributed by atoms with Gasteiger partial charge < -0.3 is 19.5 Å². The van der Waals surface area contributed by atoms with Gasteiger partial charge in [0.15, 0.2) is 0 Å². The van der Waals surface area contributed by atoms with E-state index >= 15 is 0 Å². The number of amides is 1. The van der Waals surface area contributed by atoms with Gasteiger partial charge in [0, 0.05) is 38.8 Å². The van der Waals surface area contributed by atoms with Gasteiger partial charge in [-0.1, -0.05) is 51.1 Å². The molecule has 4 rings (SSSR count). The molecule has 8 heteroatoms. The van der Waals surface area contributed by atoms with Crippen molar-refractivity contribution in [3.05, 3.63) is 53.6 Å². The van der Waals surface area contributed by atoms with Crippen LogP contribution in [0.15, 0.2) is 36.5 Å². The van der Waals surface area contributed by atoms with Crippen molar-refractivity contribution in [3.8, 4) is 0 Å². The molecule has 166 valence electrons. The zero-order chi connectivity index (χ0) is 19.7. The number of nitrogens with one attached hydrogen (secondary N) is 1. The SMILES string of the molecule is CC(C)(C)[C@H]1CN(C(=O)c2cn3c(n2)CCNCC3)C[C@@H](c2ccccc2)O1.Cl.Cl. The normalized spacial score (nSPS) is 21.6. The van der Waals surface area contributed by atoms with Crippen LogP contribution in [0.1, 0.15) is 48.8 Å². The minimum absolute atomic E-state index is 0. The summed E-state index contributed by atoms with van der Waals surface area (Å²) >= 11 is 0. The third-order valence-corrected chi connectivity index (χ3v) is 5.66. The van der Waals surface area contributed by atoms with Gasteiger partial charge in [-0.3, -0.25) is 4.79 Å². The van der Waals surface area contributed by atoms with E-state index in [1.165, 1.54) is 0 Å². The quantitative estimate of drug-likeness (QED) is 0.753. The second-order valence-corrected chi connectivity index (χ2v) is 8.84. The number of fused-ring (bicyclic) bond motifs is 1. The summed E-state index contributed by atoms with van der Waals surface area (Å²) in [4.78, 5) is 19.9. The highest BCUT2D eigenvalue weighted by Crippen LogP contribution is 2.34. The highest BCUT2D eigenvalue weighted by Gasteiger charge is 2.38. The van der Waals surface area contributed by atoms with Gasteiger partial charge in [-0.15, -0.1) is 24.8 Å². The molecule has 1 fully saturated rings. The monoisotopic (exact) mass is 454 g/mol. The van der Waals surface area contributed by atoms with E-state index in [1.807, 2.05) is 29.3 Å². The Kier molecular flexibility index (Phi) is 8.34. The second-order valence-electron chi connectivity index (χ2n) is 8.84. The Morgan fingerprint density at radius 1 is 1.13 bits per heavy atom. The van der Waals surface area contributed by atoms with Crippen molar-refractivity contribution < 1.29 is 9.53 Å². The minimum Gasteiger partial charge on any atom is -0.366 e. The number of aromatic nitrogens is 2. The van der Waals surface area contributed by atoms with Crippen LogP contribution in [0, 0.1) is 5.41 Å². The third kappa shape index (κ3) is 5.35. The lowest BCUT2D eigenvalue weighted by molar-refractivity contribution is -0.119. The van der Waals surface area contributed by atoms with Crippen LogP contribution >= 0.6 is 24.8 Å². The third-order valence-electron chi connectivity index (χ3n) is 5.66. The van der Waals surface area contributed by atoms with E-state index in [9.17, 15) is 4.79 Å². The van der Waals surface area contributed by atoms with Crippen LogP contribution in [-0.4, -0.2) is 52.6 Å². The molecule has 2 aliphatic rings. The van der Waals surface area contributed by atoms with Crippen LogP contribution in [-0.2, 0) is 17.7 Å². The molecule has 1 saturated heterocycles. The summed E-state index contributed by atoms with van der Waals surface area (Å²) in [7, 11) is 0. The zero-order valence-electron chi connectivity index (χ0n) is 17.8. The van der Waals surface area contributed by atoms with Crippen LogP contribution in [0.2, 0.25) is 0 Å². The molecule has 0 spiro atoms. The molecule has 6 nitrogen and oxygen atoms in total. The second kappa shape index (κ2) is 10.1. The van der Waals surface area contributed by atoms with Gasteiger partial charge in [-0.2, -0.15) is 0 Å². The van der Waals surface area contributed by atoms with Crippen LogP contribution < -0.4 is 5.32 Å². The van der Waals surface area contributed by atoms with E-state index in [4.69, 9.17) is 4.74 Å². The van der Waals surface area contributed by atoms with Crippen molar-refractivity contribution in [1.29, 1.82) is 0 Å². The summed E-state index contributed by atoms with van der Waals surface area (Å²) < 4.78 is 8.54. The van der Waals surface area contributed by atoms with E-state index in [-0.39, 0.29) is 48.3 Å². The van der Waals surface area contributed by atoms with Crippen LogP contribution in [0.25, 0.3) is 0 Å². The molecule has 1 amide bonds. The number of ether oxygens (including phenoxy) is 1. The molecule has 0 radical (unpaired) electrons. The Labute approximate surface area is 191 Å². The van der Waals surface area contributed by atoms with E-state index < -0.39 is 0 Å². The number of rotatable bonds is 2. The summed E-state index contributed by atoms with van der Waals surface area (Å²) in [5.41, 5.74) is 1.61. The lowest BCUT2D eigenvalue weighted by atomic mass is 9.87. The first-order chi connectivity index (χ1) is 13.4. The molecule has 2 aromatic rings. The topological polar surface area (TPSA) is 59.4 Å². The van der Waals surface area contributed by atoms with Crippen molar-refractivity contribution in [3.63, 3.8) is 0 Å². The predicted molar refractivity (Wildman–Crippen MR) is 123 cm³/mol. The van der Waals surface area contributed by atoms with Gasteiger partial charge in [-0.25, -0.2) is 4.98 Å². The molecule has 2 aliphatic heterocycles. The first-order valence-corrected chi connectivity index (χ1v) is 10.2. The first kappa shape index (κ1) is 24.7. The summed E-state index contributed by atoms with van der Waals surface area (Å²) in [6.45, 7) is 10.3. The maximum absolute atomic E-state index is 13.3. The fraction of sp³-hybridized carbons (Fsp3) is 0.545. The molecule has 0 bridgehead atoms. The lowest BCUT2D eigenvalue weighted by Gasteiger charge is -2.43. The van der Waals surface area contributed by atoms with Gasteiger partial charge in [-0.05, 0) is 11.0 Å². The number of carbonyl (C=O) groups excluding carboxylic acids is 1. The first-order valence-electron chi connectivity index (χ1n) is 10.2. The lowest BCUT2D eigenvalue weighted by Crippen LogP contribution is -2.51. The number of benzene rings is 1. The molecule has 0 unspecified atom stereocenters. The van der Waals surface area contributed by atoms with Crippen molar-refractivity contribution in [1.82, 2.24) is 19.8 Å². The molecule has 0 aliphatic carbocycles. The largest absolute Gasteiger partial charge is 0.366 e. The van der Waals surface area contributed by atoms with Gasteiger partial charge in [0.05, 0.1) is 12.6 Å². The number of hydrogen-bond donors (Lipinski definition) is 1. The van der Waals surface area contributed by atoms with Crippen LogP contribution in [0.4, 0.5) is 0 Å². The Bertz CT molecular complexity index is 812. The number of carbonyl (C=O) groups is 1. The van der Waals surface area contributed by atoms with Gasteiger partial charge in [0.2, 0.25) is 0 Å². The van der Waals surface area contributed by atoms with Gasteiger partial charge in [0.25, 0.3) is 5.91 Å². The van der Waals surface area contributed by atoms with Crippen LogP contribution in [0.5, 0.6) is 0 Å². The maximum atomic E-state index is 13.3. The van der Waals surface area contributed by atoms with E-state index in [0.717, 1.165) is 37.4 Å². The maximum Gasteiger partial charge on any atom is 0.274 e. The highest BCUT2D eigenvalue weighted by atomic mass is 35.5. The van der Waals surface area contributed by atoms with Crippen LogP contribution in [0.3, 0.4) is 0 Å². The molecule has 2 atom stereocenters. The number of morpholine rings is 1. The molecule has 30 heavy (non-hydrogen) atoms. The fourth-order valence-corrected chi connectivity index (χ4v) is 3.89. The van der Waals surface area contributed by atoms with E-state index in [2.05, 4.69) is 47.8 Å². The Morgan fingerprint density at radius 2 is 1.87 bits per heavy atom. The van der Waals surface area contributed by atoms with E-state index in [1.54, 1.807) is 0 Å². The Balaban J connectivity index is 0.00000160. The number of nitrogens with zero attached hydrogens (tertiary/aromatic N) is 3. The molecule has 1 aromatic carbocycles. The number of halogens is 2. The standard InChI is InChI=1S/C22H30N4O2.2ClH/c1-22(2,3)19-15-26(14-18(28-19)16-7-5-4-6-8-16)21(27)17-13-25-12-11-23-10-9-20(25)24-17;;/h4-8,13,18-19,23H,9-12,14-15H2,1-3H3;2*1H/t18-,19+;;/m0../s1. The van der Waals surface area contributed by atoms with Crippen molar-refractivity contribution >= 4 is 30.7 Å². The Morgan fingerprint density at radius 3 is 2.57 bits per heavy atom. The molecular formula is C22H32Cl2N4O2. The molecule has 1 N–H and O–H groups in total. The summed E-state index contributed by atoms with van der Waals surface area (Å²) in [5.74, 6) is 1.00. The minimum atomic E-state index is -0.118. The average Bonchev–Trinajstić information content (AvgIpc) is 2.97. The number of imidazole rings is 1. The van der Waals surface area contributed by atoms with E-state index in [0.29, 0.717) is 18.8 Å². The van der Waals surface area contributed by atoms with Crippen molar-refractivity contribution in [2.45, 2.75) is 45.9 Å². The summed E-state index contributed by atoms with van der Waals surface area (Å²) in [5, 5.41) is 3.37. The molecule has 0 saturated carbocycles. The molecule has 1 aromatic heterocycles.